The molecule has 3 aromatic rings. The quantitative estimate of drug-likeness (QED) is 0.580. The topological polar surface area (TPSA) is 45.8 Å². The maximum atomic E-state index is 10.5. The SMILES string of the molecule is Cc1cccc(OCC(O)CN(Cc2ccco2)Cc2ccccc2Cl)c1. The lowest BCUT2D eigenvalue weighted by molar-refractivity contribution is 0.0604. The molecule has 1 N–H and O–H groups in total. The molecule has 1 atom stereocenters. The number of aliphatic hydroxyl groups is 1. The Morgan fingerprint density at radius 1 is 1.07 bits per heavy atom. The van der Waals surface area contributed by atoms with Crippen LogP contribution in [0.1, 0.15) is 16.9 Å². The summed E-state index contributed by atoms with van der Waals surface area (Å²) in [5.74, 6) is 1.60. The van der Waals surface area contributed by atoms with Crippen molar-refractivity contribution in [2.75, 3.05) is 13.2 Å². The highest BCUT2D eigenvalue weighted by Crippen LogP contribution is 2.19. The summed E-state index contributed by atoms with van der Waals surface area (Å²) in [6.45, 7) is 3.87. The van der Waals surface area contributed by atoms with Crippen LogP contribution < -0.4 is 4.74 Å². The average molecular weight is 386 g/mol. The summed E-state index contributed by atoms with van der Waals surface area (Å²) in [5.41, 5.74) is 2.14. The van der Waals surface area contributed by atoms with E-state index in [2.05, 4.69) is 4.90 Å². The van der Waals surface area contributed by atoms with E-state index in [0.29, 0.717) is 24.7 Å². The van der Waals surface area contributed by atoms with Gasteiger partial charge in [0.2, 0.25) is 0 Å². The Kier molecular flexibility index (Phi) is 6.93. The normalized spacial score (nSPS) is 12.3. The lowest BCUT2D eigenvalue weighted by atomic mass is 10.2. The van der Waals surface area contributed by atoms with Crippen LogP contribution in [0.15, 0.2) is 71.3 Å². The molecule has 0 saturated carbocycles. The third-order valence-electron chi connectivity index (χ3n) is 4.21. The van der Waals surface area contributed by atoms with Crippen molar-refractivity contribution in [3.8, 4) is 5.75 Å². The maximum absolute atomic E-state index is 10.5. The predicted molar refractivity (Wildman–Crippen MR) is 107 cm³/mol. The Hall–Kier alpha value is -2.27. The zero-order chi connectivity index (χ0) is 19.1. The van der Waals surface area contributed by atoms with Crippen LogP contribution >= 0.6 is 11.6 Å². The van der Waals surface area contributed by atoms with Crippen LogP contribution in [-0.4, -0.2) is 29.3 Å². The maximum Gasteiger partial charge on any atom is 0.119 e. The minimum absolute atomic E-state index is 0.223. The minimum atomic E-state index is -0.636. The molecule has 1 aromatic heterocycles. The van der Waals surface area contributed by atoms with Gasteiger partial charge in [-0.1, -0.05) is 41.9 Å². The molecule has 0 radical (unpaired) electrons. The molecule has 0 spiro atoms. The van der Waals surface area contributed by atoms with Crippen molar-refractivity contribution < 1.29 is 14.3 Å². The largest absolute Gasteiger partial charge is 0.491 e. The molecule has 142 valence electrons. The van der Waals surface area contributed by atoms with Crippen molar-refractivity contribution >= 4 is 11.6 Å². The first-order valence-electron chi connectivity index (χ1n) is 8.96. The molecule has 0 aliphatic rings. The highest BCUT2D eigenvalue weighted by Gasteiger charge is 2.16. The first kappa shape index (κ1) is 19.5. The minimum Gasteiger partial charge on any atom is -0.491 e. The van der Waals surface area contributed by atoms with E-state index in [0.717, 1.165) is 22.6 Å². The van der Waals surface area contributed by atoms with Gasteiger partial charge in [-0.25, -0.2) is 0 Å². The summed E-state index contributed by atoms with van der Waals surface area (Å²) in [7, 11) is 0. The van der Waals surface area contributed by atoms with Crippen LogP contribution in [0.2, 0.25) is 5.02 Å². The monoisotopic (exact) mass is 385 g/mol. The highest BCUT2D eigenvalue weighted by atomic mass is 35.5. The predicted octanol–water partition coefficient (Wildman–Crippen LogP) is 4.68. The highest BCUT2D eigenvalue weighted by molar-refractivity contribution is 6.31. The molecule has 27 heavy (non-hydrogen) atoms. The van der Waals surface area contributed by atoms with Gasteiger partial charge in [-0.05, 0) is 48.4 Å². The van der Waals surface area contributed by atoms with Crippen molar-refractivity contribution in [3.05, 3.63) is 88.8 Å². The van der Waals surface area contributed by atoms with Gasteiger partial charge in [0.05, 0.1) is 12.8 Å². The van der Waals surface area contributed by atoms with Gasteiger partial charge in [-0.2, -0.15) is 0 Å². The van der Waals surface area contributed by atoms with Crippen molar-refractivity contribution in [1.29, 1.82) is 0 Å². The summed E-state index contributed by atoms with van der Waals surface area (Å²) in [6.07, 6.45) is 1.02. The third kappa shape index (κ3) is 6.14. The number of rotatable bonds is 9. The summed E-state index contributed by atoms with van der Waals surface area (Å²) >= 11 is 6.31. The number of furan rings is 1. The average Bonchev–Trinajstić information content (AvgIpc) is 3.15. The molecule has 1 heterocycles. The molecule has 0 amide bonds. The number of aryl methyl sites for hydroxylation is 1. The Balaban J connectivity index is 1.62. The molecule has 5 heteroatoms. The molecule has 1 unspecified atom stereocenters. The number of ether oxygens (including phenoxy) is 1. The van der Waals surface area contributed by atoms with Crippen molar-refractivity contribution in [2.24, 2.45) is 0 Å². The zero-order valence-electron chi connectivity index (χ0n) is 15.3. The molecule has 0 saturated heterocycles. The van der Waals surface area contributed by atoms with E-state index in [4.69, 9.17) is 20.8 Å². The fourth-order valence-electron chi connectivity index (χ4n) is 2.92. The number of hydrogen-bond acceptors (Lipinski definition) is 4. The molecule has 3 rings (SSSR count). The summed E-state index contributed by atoms with van der Waals surface area (Å²) in [6, 6.07) is 19.3. The molecule has 0 aliphatic heterocycles. The lowest BCUT2D eigenvalue weighted by Gasteiger charge is -2.25. The standard InChI is InChI=1S/C22H24ClNO3/c1-17-6-4-8-20(12-17)27-16-19(25)14-24(15-21-9-5-11-26-21)13-18-7-2-3-10-22(18)23/h2-12,19,25H,13-16H2,1H3. The second-order valence-electron chi connectivity index (χ2n) is 6.62. The summed E-state index contributed by atoms with van der Waals surface area (Å²) < 4.78 is 11.2. The van der Waals surface area contributed by atoms with Gasteiger partial charge in [0.25, 0.3) is 0 Å². The van der Waals surface area contributed by atoms with E-state index >= 15 is 0 Å². The van der Waals surface area contributed by atoms with Crippen LogP contribution in [0, 0.1) is 6.92 Å². The Morgan fingerprint density at radius 3 is 2.67 bits per heavy atom. The molecule has 0 fully saturated rings. The zero-order valence-corrected chi connectivity index (χ0v) is 16.1. The van der Waals surface area contributed by atoms with Gasteiger partial charge < -0.3 is 14.3 Å². The van der Waals surface area contributed by atoms with Gasteiger partial charge >= 0.3 is 0 Å². The van der Waals surface area contributed by atoms with Crippen LogP contribution in [0.5, 0.6) is 5.75 Å². The van der Waals surface area contributed by atoms with E-state index in [1.165, 1.54) is 0 Å². The molecule has 2 aromatic carbocycles. The number of hydrogen-bond donors (Lipinski definition) is 1. The van der Waals surface area contributed by atoms with Crippen LogP contribution in [0.4, 0.5) is 0 Å². The van der Waals surface area contributed by atoms with E-state index in [9.17, 15) is 5.11 Å². The second kappa shape index (κ2) is 9.60. The third-order valence-corrected chi connectivity index (χ3v) is 4.58. The molecule has 4 nitrogen and oxygen atoms in total. The molecular weight excluding hydrogens is 362 g/mol. The van der Waals surface area contributed by atoms with E-state index in [1.54, 1.807) is 6.26 Å². The summed E-state index contributed by atoms with van der Waals surface area (Å²) in [4.78, 5) is 2.10. The van der Waals surface area contributed by atoms with Gasteiger partial charge in [0.1, 0.15) is 24.2 Å². The Morgan fingerprint density at radius 2 is 1.93 bits per heavy atom. The van der Waals surface area contributed by atoms with Gasteiger partial charge in [-0.3, -0.25) is 4.90 Å². The van der Waals surface area contributed by atoms with E-state index in [-0.39, 0.29) is 6.61 Å². The van der Waals surface area contributed by atoms with Crippen LogP contribution in [-0.2, 0) is 13.1 Å². The second-order valence-corrected chi connectivity index (χ2v) is 7.03. The van der Waals surface area contributed by atoms with Crippen LogP contribution in [0.25, 0.3) is 0 Å². The van der Waals surface area contributed by atoms with Crippen molar-refractivity contribution in [1.82, 2.24) is 4.90 Å². The summed E-state index contributed by atoms with van der Waals surface area (Å²) in [5, 5.41) is 11.2. The number of benzene rings is 2. The van der Waals surface area contributed by atoms with Crippen LogP contribution in [0.3, 0.4) is 0 Å². The smallest absolute Gasteiger partial charge is 0.119 e. The fourth-order valence-corrected chi connectivity index (χ4v) is 3.12. The first-order valence-corrected chi connectivity index (χ1v) is 9.33. The Bertz CT molecular complexity index is 835. The Labute approximate surface area is 165 Å². The molecular formula is C22H24ClNO3. The number of halogens is 1. The van der Waals surface area contributed by atoms with Crippen molar-refractivity contribution in [2.45, 2.75) is 26.1 Å². The van der Waals surface area contributed by atoms with E-state index in [1.807, 2.05) is 67.6 Å². The molecule has 0 bridgehead atoms. The van der Waals surface area contributed by atoms with Crippen molar-refractivity contribution in [3.63, 3.8) is 0 Å². The van der Waals surface area contributed by atoms with Gasteiger partial charge in [0.15, 0.2) is 0 Å². The molecule has 0 aliphatic carbocycles. The van der Waals surface area contributed by atoms with E-state index < -0.39 is 6.10 Å². The number of nitrogens with zero attached hydrogens (tertiary/aromatic N) is 1. The van der Waals surface area contributed by atoms with Gasteiger partial charge in [0, 0.05) is 18.1 Å². The fraction of sp³-hybridized carbons (Fsp3) is 0.273. The first-order chi connectivity index (χ1) is 13.1. The number of aliphatic hydroxyl groups excluding tert-OH is 1. The lowest BCUT2D eigenvalue weighted by Crippen LogP contribution is -2.35. The van der Waals surface area contributed by atoms with Gasteiger partial charge in [-0.15, -0.1) is 0 Å².